The van der Waals surface area contributed by atoms with Crippen molar-refractivity contribution in [3.05, 3.63) is 29.8 Å². The van der Waals surface area contributed by atoms with E-state index in [0.29, 0.717) is 5.52 Å². The van der Waals surface area contributed by atoms with Gasteiger partial charge < -0.3 is 9.72 Å². The lowest BCUT2D eigenvalue weighted by Gasteiger charge is -2.05. The van der Waals surface area contributed by atoms with Crippen molar-refractivity contribution in [2.75, 3.05) is 6.61 Å². The van der Waals surface area contributed by atoms with Crippen molar-refractivity contribution in [3.8, 4) is 0 Å². The van der Waals surface area contributed by atoms with Crippen molar-refractivity contribution < 1.29 is 9.13 Å². The normalized spacial score (nSPS) is 20.7. The van der Waals surface area contributed by atoms with Gasteiger partial charge in [0.05, 0.1) is 11.6 Å². The predicted molar refractivity (Wildman–Crippen MR) is 58.7 cm³/mol. The molecule has 3 nitrogen and oxygen atoms in total. The molecule has 1 fully saturated rings. The number of fused-ring (bicyclic) bond motifs is 1. The highest BCUT2D eigenvalue weighted by Gasteiger charge is 2.18. The number of H-pyrrole nitrogens is 1. The minimum absolute atomic E-state index is 0.239. The molecule has 1 aliphatic heterocycles. The van der Waals surface area contributed by atoms with Gasteiger partial charge in [-0.25, -0.2) is 9.37 Å². The third-order valence-corrected chi connectivity index (χ3v) is 2.96. The monoisotopic (exact) mass is 220 g/mol. The van der Waals surface area contributed by atoms with Gasteiger partial charge in [0.25, 0.3) is 0 Å². The van der Waals surface area contributed by atoms with Crippen molar-refractivity contribution in [1.29, 1.82) is 0 Å². The van der Waals surface area contributed by atoms with E-state index in [0.717, 1.165) is 37.2 Å². The largest absolute Gasteiger partial charge is 0.378 e. The van der Waals surface area contributed by atoms with Gasteiger partial charge in [0.2, 0.25) is 0 Å². The van der Waals surface area contributed by atoms with E-state index in [9.17, 15) is 4.39 Å². The lowest BCUT2D eigenvalue weighted by Crippen LogP contribution is -2.09. The molecule has 4 heteroatoms. The quantitative estimate of drug-likeness (QED) is 0.844. The summed E-state index contributed by atoms with van der Waals surface area (Å²) in [6.45, 7) is 0.833. The van der Waals surface area contributed by atoms with E-state index in [1.807, 2.05) is 6.07 Å². The zero-order chi connectivity index (χ0) is 11.0. The number of para-hydroxylation sites is 1. The first-order valence-corrected chi connectivity index (χ1v) is 5.57. The van der Waals surface area contributed by atoms with Crippen molar-refractivity contribution >= 4 is 11.0 Å². The fourth-order valence-electron chi connectivity index (χ4n) is 2.17. The second-order valence-electron chi connectivity index (χ2n) is 4.16. The van der Waals surface area contributed by atoms with E-state index in [4.69, 9.17) is 4.74 Å². The summed E-state index contributed by atoms with van der Waals surface area (Å²) in [5.74, 6) is 0.541. The number of hydrogen-bond acceptors (Lipinski definition) is 2. The number of ether oxygens (including phenoxy) is 1. The minimum Gasteiger partial charge on any atom is -0.378 e. The molecule has 1 aliphatic rings. The van der Waals surface area contributed by atoms with Crippen molar-refractivity contribution in [1.82, 2.24) is 9.97 Å². The van der Waals surface area contributed by atoms with E-state index in [-0.39, 0.29) is 11.9 Å². The summed E-state index contributed by atoms with van der Waals surface area (Å²) in [4.78, 5) is 7.40. The second-order valence-corrected chi connectivity index (χ2v) is 4.16. The molecule has 2 aromatic rings. The number of nitrogens with one attached hydrogen (secondary N) is 1. The van der Waals surface area contributed by atoms with E-state index in [2.05, 4.69) is 9.97 Å². The summed E-state index contributed by atoms with van der Waals surface area (Å²) >= 11 is 0. The van der Waals surface area contributed by atoms with Crippen LogP contribution >= 0.6 is 0 Å². The molecule has 84 valence electrons. The standard InChI is InChI=1S/C12H13FN2O/c13-9-4-1-5-10-12(9)15-11(14-10)7-8-3-2-6-16-8/h1,4-5,8H,2-3,6-7H2,(H,14,15). The maximum absolute atomic E-state index is 13.4. The molecular formula is C12H13FN2O. The molecule has 1 unspecified atom stereocenters. The van der Waals surface area contributed by atoms with Gasteiger partial charge in [-0.15, -0.1) is 0 Å². The molecule has 1 aromatic heterocycles. The maximum Gasteiger partial charge on any atom is 0.151 e. The summed E-state index contributed by atoms with van der Waals surface area (Å²) in [6, 6.07) is 4.95. The summed E-state index contributed by atoms with van der Waals surface area (Å²) < 4.78 is 18.9. The van der Waals surface area contributed by atoms with E-state index >= 15 is 0 Å². The van der Waals surface area contributed by atoms with Crippen LogP contribution in [0.4, 0.5) is 4.39 Å². The second kappa shape index (κ2) is 3.87. The summed E-state index contributed by atoms with van der Waals surface area (Å²) in [5.41, 5.74) is 1.18. The van der Waals surface area contributed by atoms with Crippen molar-refractivity contribution in [2.45, 2.75) is 25.4 Å². The Morgan fingerprint density at radius 2 is 2.44 bits per heavy atom. The SMILES string of the molecule is Fc1cccc2[nH]c(CC3CCCO3)nc12. The van der Waals surface area contributed by atoms with E-state index in [1.54, 1.807) is 6.07 Å². The van der Waals surface area contributed by atoms with Crippen LogP contribution in [0.2, 0.25) is 0 Å². The Kier molecular flexibility index (Phi) is 2.36. The van der Waals surface area contributed by atoms with Gasteiger partial charge in [-0.3, -0.25) is 0 Å². The molecule has 0 radical (unpaired) electrons. The highest BCUT2D eigenvalue weighted by atomic mass is 19.1. The van der Waals surface area contributed by atoms with Crippen LogP contribution in [0.3, 0.4) is 0 Å². The molecule has 0 aliphatic carbocycles. The van der Waals surface area contributed by atoms with Crippen LogP contribution in [-0.4, -0.2) is 22.7 Å². The molecular weight excluding hydrogens is 207 g/mol. The molecule has 0 bridgehead atoms. The molecule has 3 rings (SSSR count). The molecule has 1 atom stereocenters. The molecule has 0 saturated carbocycles. The molecule has 1 N–H and O–H groups in total. The molecule has 16 heavy (non-hydrogen) atoms. The van der Waals surface area contributed by atoms with Crippen LogP contribution in [0.1, 0.15) is 18.7 Å². The zero-order valence-electron chi connectivity index (χ0n) is 8.87. The molecule has 2 heterocycles. The fraction of sp³-hybridized carbons (Fsp3) is 0.417. The fourth-order valence-corrected chi connectivity index (χ4v) is 2.17. The van der Waals surface area contributed by atoms with Gasteiger partial charge in [-0.2, -0.15) is 0 Å². The third kappa shape index (κ3) is 1.69. The molecule has 1 saturated heterocycles. The van der Waals surface area contributed by atoms with Gasteiger partial charge in [0.15, 0.2) is 5.82 Å². The van der Waals surface area contributed by atoms with Crippen LogP contribution in [-0.2, 0) is 11.2 Å². The number of benzene rings is 1. The van der Waals surface area contributed by atoms with Gasteiger partial charge in [0, 0.05) is 13.0 Å². The topological polar surface area (TPSA) is 37.9 Å². The van der Waals surface area contributed by atoms with Crippen molar-refractivity contribution in [3.63, 3.8) is 0 Å². The van der Waals surface area contributed by atoms with Gasteiger partial charge in [-0.05, 0) is 25.0 Å². The highest BCUT2D eigenvalue weighted by Crippen LogP contribution is 2.19. The molecule has 0 amide bonds. The Morgan fingerprint density at radius 1 is 1.50 bits per heavy atom. The van der Waals surface area contributed by atoms with Gasteiger partial charge in [0.1, 0.15) is 11.3 Å². The first kappa shape index (κ1) is 9.78. The number of hydrogen-bond donors (Lipinski definition) is 1. The van der Waals surface area contributed by atoms with E-state index in [1.165, 1.54) is 6.07 Å². The number of imidazole rings is 1. The Balaban J connectivity index is 1.90. The van der Waals surface area contributed by atoms with Crippen LogP contribution in [0.5, 0.6) is 0 Å². The maximum atomic E-state index is 13.4. The Morgan fingerprint density at radius 3 is 3.19 bits per heavy atom. The van der Waals surface area contributed by atoms with Crippen LogP contribution in [0, 0.1) is 5.82 Å². The first-order chi connectivity index (χ1) is 7.83. The third-order valence-electron chi connectivity index (χ3n) is 2.96. The number of nitrogens with zero attached hydrogens (tertiary/aromatic N) is 1. The number of aromatic nitrogens is 2. The highest BCUT2D eigenvalue weighted by molar-refractivity contribution is 5.75. The van der Waals surface area contributed by atoms with Crippen LogP contribution in [0.15, 0.2) is 18.2 Å². The molecule has 1 aromatic carbocycles. The van der Waals surface area contributed by atoms with Gasteiger partial charge in [-0.1, -0.05) is 6.07 Å². The summed E-state index contributed by atoms with van der Waals surface area (Å²) in [7, 11) is 0. The predicted octanol–water partition coefficient (Wildman–Crippen LogP) is 2.42. The summed E-state index contributed by atoms with van der Waals surface area (Å²) in [5, 5.41) is 0. The minimum atomic E-state index is -0.271. The van der Waals surface area contributed by atoms with Crippen LogP contribution < -0.4 is 0 Å². The van der Waals surface area contributed by atoms with E-state index < -0.39 is 0 Å². The number of rotatable bonds is 2. The Labute approximate surface area is 92.6 Å². The van der Waals surface area contributed by atoms with Crippen LogP contribution in [0.25, 0.3) is 11.0 Å². The number of aromatic amines is 1. The average Bonchev–Trinajstić information content (AvgIpc) is 2.88. The Bertz CT molecular complexity index is 503. The molecule has 0 spiro atoms. The smallest absolute Gasteiger partial charge is 0.151 e. The lowest BCUT2D eigenvalue weighted by molar-refractivity contribution is 0.110. The summed E-state index contributed by atoms with van der Waals surface area (Å²) in [6.07, 6.45) is 3.16. The lowest BCUT2D eigenvalue weighted by atomic mass is 10.2. The first-order valence-electron chi connectivity index (χ1n) is 5.57. The van der Waals surface area contributed by atoms with Crippen molar-refractivity contribution in [2.24, 2.45) is 0 Å². The Hall–Kier alpha value is -1.42. The number of halogens is 1. The average molecular weight is 220 g/mol. The zero-order valence-corrected chi connectivity index (χ0v) is 8.87. The van der Waals surface area contributed by atoms with Gasteiger partial charge >= 0.3 is 0 Å².